The van der Waals surface area contributed by atoms with E-state index in [9.17, 15) is 4.79 Å². The average Bonchev–Trinajstić information content (AvgIpc) is 2.88. The summed E-state index contributed by atoms with van der Waals surface area (Å²) < 4.78 is 11.9. The van der Waals surface area contributed by atoms with Crippen molar-refractivity contribution in [1.82, 2.24) is 5.32 Å². The van der Waals surface area contributed by atoms with Crippen LogP contribution in [0, 0.1) is 0 Å². The van der Waals surface area contributed by atoms with Gasteiger partial charge < -0.3 is 14.8 Å². The molecule has 0 spiro atoms. The summed E-state index contributed by atoms with van der Waals surface area (Å²) >= 11 is 3.49. The van der Waals surface area contributed by atoms with Gasteiger partial charge in [0.25, 0.3) is 0 Å². The number of nitrogens with one attached hydrogen (secondary N) is 1. The van der Waals surface area contributed by atoms with Gasteiger partial charge in [0.15, 0.2) is 0 Å². The largest absolute Gasteiger partial charge is 0.489 e. The van der Waals surface area contributed by atoms with Crippen LogP contribution in [-0.4, -0.2) is 31.8 Å². The van der Waals surface area contributed by atoms with Crippen LogP contribution in [0.3, 0.4) is 0 Å². The number of methoxy groups -OCH3 is 1. The molecule has 1 N–H and O–H groups in total. The highest BCUT2D eigenvalue weighted by molar-refractivity contribution is 9.10. The molecule has 2 atom stereocenters. The Morgan fingerprint density at radius 2 is 2.20 bits per heavy atom. The smallest absolute Gasteiger partial charge is 0.323 e. The van der Waals surface area contributed by atoms with Crippen LogP contribution in [0.2, 0.25) is 0 Å². The van der Waals surface area contributed by atoms with E-state index >= 15 is 0 Å². The van der Waals surface area contributed by atoms with Gasteiger partial charge in [-0.1, -0.05) is 29.8 Å². The van der Waals surface area contributed by atoms with Crippen LogP contribution >= 0.6 is 15.9 Å². The Morgan fingerprint density at radius 1 is 1.45 bits per heavy atom. The van der Waals surface area contributed by atoms with Crippen molar-refractivity contribution in [2.45, 2.75) is 38.3 Å². The molecule has 2 rings (SSSR count). The second-order valence-electron chi connectivity index (χ2n) is 5.30. The van der Waals surface area contributed by atoms with Gasteiger partial charge in [-0.15, -0.1) is 0 Å². The molecule has 110 valence electrons. The van der Waals surface area contributed by atoms with Gasteiger partial charge in [-0.2, -0.15) is 0 Å². The average molecular weight is 342 g/mol. The zero-order chi connectivity index (χ0) is 14.7. The molecule has 0 radical (unpaired) electrons. The van der Waals surface area contributed by atoms with Crippen molar-refractivity contribution in [3.63, 3.8) is 0 Å². The summed E-state index contributed by atoms with van der Waals surface area (Å²) in [6, 6.07) is 5.77. The van der Waals surface area contributed by atoms with E-state index in [4.69, 9.17) is 9.47 Å². The van der Waals surface area contributed by atoms with Gasteiger partial charge in [-0.25, -0.2) is 0 Å². The maximum atomic E-state index is 11.5. The molecule has 0 unspecified atom stereocenters. The molecule has 4 nitrogen and oxygen atoms in total. The molecule has 0 amide bonds. The van der Waals surface area contributed by atoms with E-state index < -0.39 is 0 Å². The van der Waals surface area contributed by atoms with Gasteiger partial charge >= 0.3 is 5.97 Å². The number of rotatable bonds is 4. The van der Waals surface area contributed by atoms with Crippen molar-refractivity contribution in [3.05, 3.63) is 28.2 Å². The Morgan fingerprint density at radius 3 is 2.85 bits per heavy atom. The van der Waals surface area contributed by atoms with Crippen LogP contribution in [0.25, 0.3) is 0 Å². The Hall–Kier alpha value is -1.07. The minimum Gasteiger partial charge on any atom is -0.489 e. The van der Waals surface area contributed by atoms with E-state index in [1.807, 2.05) is 12.1 Å². The molecule has 1 aliphatic heterocycles. The number of benzene rings is 1. The maximum absolute atomic E-state index is 11.5. The highest BCUT2D eigenvalue weighted by atomic mass is 79.9. The summed E-state index contributed by atoms with van der Waals surface area (Å²) in [5, 5.41) is 3.13. The minimum atomic E-state index is -0.261. The van der Waals surface area contributed by atoms with Gasteiger partial charge in [0.2, 0.25) is 0 Å². The van der Waals surface area contributed by atoms with Crippen molar-refractivity contribution < 1.29 is 14.3 Å². The van der Waals surface area contributed by atoms with Gasteiger partial charge in [0.05, 0.1) is 7.11 Å². The van der Waals surface area contributed by atoms with Crippen LogP contribution in [-0.2, 0) is 9.53 Å². The number of halogens is 1. The molecule has 1 aliphatic rings. The molecule has 0 aromatic heterocycles. The Labute approximate surface area is 128 Å². The minimum absolute atomic E-state index is 0.00206. The SMILES string of the molecule is COC(=O)[C@@H]1C[C@H](Oc2ccc(Br)cc2C(C)C)CN1. The second-order valence-corrected chi connectivity index (χ2v) is 6.21. The molecule has 0 aliphatic carbocycles. The Kier molecular flexibility index (Phi) is 5.05. The van der Waals surface area contributed by atoms with Crippen molar-refractivity contribution in [2.24, 2.45) is 0 Å². The summed E-state index contributed by atoms with van der Waals surface area (Å²) in [5.74, 6) is 1.05. The first-order valence-electron chi connectivity index (χ1n) is 6.78. The number of esters is 1. The number of carbonyl (C=O) groups excluding carboxylic acids is 1. The number of carbonyl (C=O) groups is 1. The zero-order valence-electron chi connectivity index (χ0n) is 12.0. The molecular weight excluding hydrogens is 322 g/mol. The summed E-state index contributed by atoms with van der Waals surface area (Å²) in [5.41, 5.74) is 1.17. The molecule has 1 aromatic rings. The van der Waals surface area contributed by atoms with Crippen LogP contribution in [0.1, 0.15) is 31.7 Å². The van der Waals surface area contributed by atoms with E-state index in [0.29, 0.717) is 18.9 Å². The highest BCUT2D eigenvalue weighted by Crippen LogP contribution is 2.31. The van der Waals surface area contributed by atoms with Crippen molar-refractivity contribution in [1.29, 1.82) is 0 Å². The number of hydrogen-bond acceptors (Lipinski definition) is 4. The molecule has 0 bridgehead atoms. The standard InChI is InChI=1S/C15H20BrNO3/c1-9(2)12-6-10(16)4-5-14(12)20-11-7-13(17-8-11)15(18)19-3/h4-6,9,11,13,17H,7-8H2,1-3H3/t11-,13-/m0/s1. The molecule has 0 saturated carbocycles. The van der Waals surface area contributed by atoms with Gasteiger partial charge in [-0.05, 0) is 29.7 Å². The van der Waals surface area contributed by atoms with E-state index in [2.05, 4.69) is 41.2 Å². The third-order valence-electron chi connectivity index (χ3n) is 3.46. The lowest BCUT2D eigenvalue weighted by atomic mass is 10.0. The fraction of sp³-hybridized carbons (Fsp3) is 0.533. The van der Waals surface area contributed by atoms with Gasteiger partial charge in [-0.3, -0.25) is 4.79 Å². The van der Waals surface area contributed by atoms with Crippen LogP contribution in [0.5, 0.6) is 5.75 Å². The maximum Gasteiger partial charge on any atom is 0.323 e. The van der Waals surface area contributed by atoms with Crippen molar-refractivity contribution in [3.8, 4) is 5.75 Å². The molecule has 1 fully saturated rings. The predicted molar refractivity (Wildman–Crippen MR) is 81.1 cm³/mol. The van der Waals surface area contributed by atoms with E-state index in [1.54, 1.807) is 0 Å². The predicted octanol–water partition coefficient (Wildman–Crippen LogP) is 2.85. The highest BCUT2D eigenvalue weighted by Gasteiger charge is 2.31. The van der Waals surface area contributed by atoms with E-state index in [-0.39, 0.29) is 18.1 Å². The normalized spacial score (nSPS) is 22.1. The zero-order valence-corrected chi connectivity index (χ0v) is 13.6. The monoisotopic (exact) mass is 341 g/mol. The molecular formula is C15H20BrNO3. The summed E-state index contributed by atoms with van der Waals surface area (Å²) in [7, 11) is 1.41. The first kappa shape index (κ1) is 15.3. The van der Waals surface area contributed by atoms with Crippen LogP contribution < -0.4 is 10.1 Å². The van der Waals surface area contributed by atoms with E-state index in [1.165, 1.54) is 12.7 Å². The molecule has 1 aromatic carbocycles. The van der Waals surface area contributed by atoms with Crippen molar-refractivity contribution >= 4 is 21.9 Å². The summed E-state index contributed by atoms with van der Waals surface area (Å²) in [6.07, 6.45) is 0.637. The van der Waals surface area contributed by atoms with Gasteiger partial charge in [0, 0.05) is 17.4 Å². The lowest BCUT2D eigenvalue weighted by Gasteiger charge is -2.18. The second kappa shape index (κ2) is 6.59. The third kappa shape index (κ3) is 3.52. The fourth-order valence-electron chi connectivity index (χ4n) is 2.37. The summed E-state index contributed by atoms with van der Waals surface area (Å²) in [6.45, 7) is 4.94. The Bertz CT molecular complexity index is 490. The Balaban J connectivity index is 2.06. The van der Waals surface area contributed by atoms with Crippen LogP contribution in [0.4, 0.5) is 0 Å². The molecule has 1 heterocycles. The van der Waals surface area contributed by atoms with E-state index in [0.717, 1.165) is 10.2 Å². The molecule has 5 heteroatoms. The third-order valence-corrected chi connectivity index (χ3v) is 3.96. The topological polar surface area (TPSA) is 47.6 Å². The van der Waals surface area contributed by atoms with Gasteiger partial charge in [0.1, 0.15) is 17.9 Å². The number of hydrogen-bond donors (Lipinski definition) is 1. The molecule has 20 heavy (non-hydrogen) atoms. The quantitative estimate of drug-likeness (QED) is 0.855. The lowest BCUT2D eigenvalue weighted by molar-refractivity contribution is -0.142. The number of ether oxygens (including phenoxy) is 2. The first-order chi connectivity index (χ1) is 9.51. The van der Waals surface area contributed by atoms with Crippen LogP contribution in [0.15, 0.2) is 22.7 Å². The van der Waals surface area contributed by atoms with Crippen molar-refractivity contribution in [2.75, 3.05) is 13.7 Å². The molecule has 1 saturated heterocycles. The first-order valence-corrected chi connectivity index (χ1v) is 7.58. The fourth-order valence-corrected chi connectivity index (χ4v) is 2.75. The lowest BCUT2D eigenvalue weighted by Crippen LogP contribution is -2.31. The summed E-state index contributed by atoms with van der Waals surface area (Å²) in [4.78, 5) is 11.5.